The number of methoxy groups -OCH3 is 2. The van der Waals surface area contributed by atoms with Crippen molar-refractivity contribution in [3.63, 3.8) is 0 Å². The normalized spacial score (nSPS) is 13.4. The third-order valence-corrected chi connectivity index (χ3v) is 3.80. The second kappa shape index (κ2) is 10.2. The first-order valence-corrected chi connectivity index (χ1v) is 8.00. The minimum atomic E-state index is -0.495. The van der Waals surface area contributed by atoms with Crippen LogP contribution in [0.2, 0.25) is 0 Å². The molecule has 7 heteroatoms. The first-order chi connectivity index (χ1) is 12.0. The van der Waals surface area contributed by atoms with Crippen molar-refractivity contribution in [3.05, 3.63) is 35.5 Å². The molecule has 0 saturated carbocycles. The molecule has 1 amide bonds. The predicted octanol–water partition coefficient (Wildman–Crippen LogP) is 1.65. The van der Waals surface area contributed by atoms with E-state index >= 15 is 0 Å². The van der Waals surface area contributed by atoms with Crippen LogP contribution < -0.4 is 20.1 Å². The van der Waals surface area contributed by atoms with Gasteiger partial charge in [0.2, 0.25) is 0 Å². The molecule has 0 aromatic heterocycles. The van der Waals surface area contributed by atoms with E-state index in [1.54, 1.807) is 26.4 Å². The first kappa shape index (κ1) is 20.3. The fourth-order valence-corrected chi connectivity index (χ4v) is 2.13. The summed E-state index contributed by atoms with van der Waals surface area (Å²) in [6.07, 6.45) is 2.01. The number of hydrogen-bond acceptors (Lipinski definition) is 6. The van der Waals surface area contributed by atoms with Gasteiger partial charge in [-0.15, -0.1) is 0 Å². The Morgan fingerprint density at radius 2 is 2.04 bits per heavy atom. The van der Waals surface area contributed by atoms with E-state index < -0.39 is 5.91 Å². The second-order valence-electron chi connectivity index (χ2n) is 5.43. The molecule has 0 radical (unpaired) electrons. The van der Waals surface area contributed by atoms with Crippen LogP contribution >= 0.6 is 0 Å². The number of aliphatic hydroxyl groups is 1. The monoisotopic (exact) mass is 347 g/mol. The molecule has 0 aliphatic carbocycles. The van der Waals surface area contributed by atoms with Crippen LogP contribution in [0.5, 0.6) is 11.5 Å². The number of amides is 1. The maximum atomic E-state index is 12.3. The molecule has 136 valence electrons. The third-order valence-electron chi connectivity index (χ3n) is 3.80. The van der Waals surface area contributed by atoms with Crippen molar-refractivity contribution >= 4 is 5.91 Å². The highest BCUT2D eigenvalue weighted by Crippen LogP contribution is 2.29. The van der Waals surface area contributed by atoms with E-state index in [-0.39, 0.29) is 24.3 Å². The van der Waals surface area contributed by atoms with Gasteiger partial charge in [0, 0.05) is 12.2 Å². The van der Waals surface area contributed by atoms with Gasteiger partial charge in [-0.05, 0) is 31.0 Å². The number of aliphatic hydroxyl groups excluding tert-OH is 1. The number of rotatable bonds is 9. The number of nitriles is 1. The highest BCUT2D eigenvalue weighted by molar-refractivity contribution is 5.97. The van der Waals surface area contributed by atoms with Crippen molar-refractivity contribution in [2.24, 2.45) is 0 Å². The summed E-state index contributed by atoms with van der Waals surface area (Å²) in [7, 11) is 3.09. The molecule has 1 rings (SSSR count). The summed E-state index contributed by atoms with van der Waals surface area (Å²) in [6.45, 7) is 3.63. The minimum Gasteiger partial charge on any atom is -0.493 e. The number of hydrogen-bond donors (Lipinski definition) is 3. The van der Waals surface area contributed by atoms with Crippen LogP contribution in [0.25, 0.3) is 0 Å². The molecular weight excluding hydrogens is 322 g/mol. The van der Waals surface area contributed by atoms with Gasteiger partial charge in [-0.25, -0.2) is 0 Å². The summed E-state index contributed by atoms with van der Waals surface area (Å²) in [5, 5.41) is 23.9. The minimum absolute atomic E-state index is 0.0563. The van der Waals surface area contributed by atoms with Crippen LogP contribution in [-0.2, 0) is 4.79 Å². The van der Waals surface area contributed by atoms with Crippen molar-refractivity contribution in [1.82, 2.24) is 10.6 Å². The molecular formula is C18H25N3O4. The van der Waals surface area contributed by atoms with Gasteiger partial charge in [0.15, 0.2) is 11.5 Å². The van der Waals surface area contributed by atoms with Crippen LogP contribution in [0.4, 0.5) is 0 Å². The van der Waals surface area contributed by atoms with E-state index in [2.05, 4.69) is 10.6 Å². The standard InChI is InChI=1S/C18H25N3O4/c1-5-15(11-22)20-10-14(9-19)18(23)21-12(2)13-6-7-16(24-3)17(8-13)25-4/h6-8,10,12,15,20,22H,5,11H2,1-4H3,(H,21,23)/b14-10-. The lowest BCUT2D eigenvalue weighted by molar-refractivity contribution is -0.117. The van der Waals surface area contributed by atoms with Crippen molar-refractivity contribution in [1.29, 1.82) is 5.26 Å². The number of carbonyl (C=O) groups excluding carboxylic acids is 1. The molecule has 0 bridgehead atoms. The lowest BCUT2D eigenvalue weighted by atomic mass is 10.1. The molecule has 2 unspecified atom stereocenters. The average molecular weight is 347 g/mol. The molecule has 25 heavy (non-hydrogen) atoms. The van der Waals surface area contributed by atoms with Crippen LogP contribution in [0.3, 0.4) is 0 Å². The SMILES string of the molecule is CCC(CO)N/C=C(/C#N)C(=O)NC(C)c1ccc(OC)c(OC)c1. The predicted molar refractivity (Wildman–Crippen MR) is 94.1 cm³/mol. The lowest BCUT2D eigenvalue weighted by Crippen LogP contribution is -2.31. The molecule has 0 fully saturated rings. The Morgan fingerprint density at radius 1 is 1.36 bits per heavy atom. The Kier molecular flexibility index (Phi) is 8.30. The van der Waals surface area contributed by atoms with Crippen LogP contribution in [0, 0.1) is 11.3 Å². The smallest absolute Gasteiger partial charge is 0.263 e. The van der Waals surface area contributed by atoms with Crippen molar-refractivity contribution < 1.29 is 19.4 Å². The molecule has 0 aliphatic rings. The summed E-state index contributed by atoms with van der Waals surface area (Å²) >= 11 is 0. The zero-order valence-corrected chi connectivity index (χ0v) is 15.0. The van der Waals surface area contributed by atoms with E-state index in [0.29, 0.717) is 17.9 Å². The van der Waals surface area contributed by atoms with Gasteiger partial charge in [-0.2, -0.15) is 5.26 Å². The molecule has 3 N–H and O–H groups in total. The summed E-state index contributed by atoms with van der Waals surface area (Å²) in [4.78, 5) is 12.3. The summed E-state index contributed by atoms with van der Waals surface area (Å²) < 4.78 is 10.4. The highest BCUT2D eigenvalue weighted by Gasteiger charge is 2.16. The zero-order valence-electron chi connectivity index (χ0n) is 15.0. The van der Waals surface area contributed by atoms with Gasteiger partial charge in [0.05, 0.1) is 26.9 Å². The van der Waals surface area contributed by atoms with Crippen LogP contribution in [0.1, 0.15) is 31.9 Å². The maximum Gasteiger partial charge on any atom is 0.263 e. The summed E-state index contributed by atoms with van der Waals surface area (Å²) in [5.74, 6) is 0.666. The Morgan fingerprint density at radius 3 is 2.56 bits per heavy atom. The number of nitrogens with zero attached hydrogens (tertiary/aromatic N) is 1. The topological polar surface area (TPSA) is 104 Å². The largest absolute Gasteiger partial charge is 0.493 e. The summed E-state index contributed by atoms with van der Waals surface area (Å²) in [5.41, 5.74) is 0.761. The van der Waals surface area contributed by atoms with Gasteiger partial charge in [0.25, 0.3) is 5.91 Å². The zero-order chi connectivity index (χ0) is 18.8. The lowest BCUT2D eigenvalue weighted by Gasteiger charge is -2.17. The van der Waals surface area contributed by atoms with Crippen molar-refractivity contribution in [2.75, 3.05) is 20.8 Å². The first-order valence-electron chi connectivity index (χ1n) is 8.00. The Balaban J connectivity index is 2.84. The molecule has 2 atom stereocenters. The molecule has 0 saturated heterocycles. The van der Waals surface area contributed by atoms with Crippen molar-refractivity contribution in [2.45, 2.75) is 32.4 Å². The molecule has 0 aliphatic heterocycles. The molecule has 1 aromatic carbocycles. The molecule has 0 heterocycles. The van der Waals surface area contributed by atoms with Crippen molar-refractivity contribution in [3.8, 4) is 17.6 Å². The fourth-order valence-electron chi connectivity index (χ4n) is 2.13. The number of benzene rings is 1. The Bertz CT molecular complexity index is 648. The fraction of sp³-hybridized carbons (Fsp3) is 0.444. The molecule has 1 aromatic rings. The van der Waals surface area contributed by atoms with E-state index in [1.807, 2.05) is 26.0 Å². The van der Waals surface area contributed by atoms with E-state index in [0.717, 1.165) is 5.56 Å². The van der Waals surface area contributed by atoms with Gasteiger partial charge < -0.3 is 25.2 Å². The second-order valence-corrected chi connectivity index (χ2v) is 5.43. The molecule has 7 nitrogen and oxygen atoms in total. The van der Waals surface area contributed by atoms with E-state index in [4.69, 9.17) is 14.6 Å². The van der Waals surface area contributed by atoms with E-state index in [1.165, 1.54) is 6.20 Å². The quantitative estimate of drug-likeness (QED) is 0.463. The summed E-state index contributed by atoms with van der Waals surface area (Å²) in [6, 6.07) is 6.69. The van der Waals surface area contributed by atoms with Gasteiger partial charge in [0.1, 0.15) is 11.6 Å². The van der Waals surface area contributed by atoms with Crippen LogP contribution in [0.15, 0.2) is 30.0 Å². The number of nitrogens with one attached hydrogen (secondary N) is 2. The average Bonchev–Trinajstić information content (AvgIpc) is 2.64. The van der Waals surface area contributed by atoms with Gasteiger partial charge in [-0.1, -0.05) is 13.0 Å². The molecule has 0 spiro atoms. The van der Waals surface area contributed by atoms with Gasteiger partial charge in [-0.3, -0.25) is 4.79 Å². The third kappa shape index (κ3) is 5.69. The number of carbonyl (C=O) groups is 1. The Hall–Kier alpha value is -2.72. The van der Waals surface area contributed by atoms with E-state index in [9.17, 15) is 10.1 Å². The number of ether oxygens (including phenoxy) is 2. The maximum absolute atomic E-state index is 12.3. The highest BCUT2D eigenvalue weighted by atomic mass is 16.5. The van der Waals surface area contributed by atoms with Crippen LogP contribution in [-0.4, -0.2) is 37.9 Å². The Labute approximate surface area is 148 Å². The van der Waals surface area contributed by atoms with Gasteiger partial charge >= 0.3 is 0 Å².